The summed E-state index contributed by atoms with van der Waals surface area (Å²) >= 11 is 0. The summed E-state index contributed by atoms with van der Waals surface area (Å²) < 4.78 is 0. The summed E-state index contributed by atoms with van der Waals surface area (Å²) in [7, 11) is 0. The van der Waals surface area contributed by atoms with Crippen LogP contribution in [0.1, 0.15) is 6.42 Å². The normalized spacial score (nSPS) is 24.0. The van der Waals surface area contributed by atoms with E-state index in [2.05, 4.69) is 15.3 Å². The molecule has 0 bridgehead atoms. The Morgan fingerprint density at radius 3 is 2.93 bits per heavy atom. The van der Waals surface area contributed by atoms with Gasteiger partial charge in [-0.3, -0.25) is 9.78 Å². The summed E-state index contributed by atoms with van der Waals surface area (Å²) in [6.07, 6.45) is 8.92. The number of carbonyl (C=O) groups is 1. The molecule has 15 heavy (non-hydrogen) atoms. The molecule has 5 nitrogen and oxygen atoms in total. The van der Waals surface area contributed by atoms with E-state index in [-0.39, 0.29) is 12.0 Å². The number of hydrogen-bond acceptors (Lipinski definition) is 4. The molecule has 0 saturated heterocycles. The first-order valence-electron chi connectivity index (χ1n) is 4.69. The number of aliphatic carboxylic acids is 1. The van der Waals surface area contributed by atoms with E-state index in [1.807, 2.05) is 6.08 Å². The monoisotopic (exact) mass is 205 g/mol. The number of nitrogens with one attached hydrogen (secondary N) is 1. The molecule has 0 spiro atoms. The number of anilines is 1. The lowest BCUT2D eigenvalue weighted by Gasteiger charge is -2.11. The van der Waals surface area contributed by atoms with Crippen LogP contribution in [0.15, 0.2) is 30.7 Å². The molecule has 0 radical (unpaired) electrons. The van der Waals surface area contributed by atoms with E-state index in [9.17, 15) is 4.79 Å². The first kappa shape index (κ1) is 9.64. The fraction of sp³-hybridized carbons (Fsp3) is 0.300. The van der Waals surface area contributed by atoms with Crippen LogP contribution in [0.2, 0.25) is 0 Å². The zero-order valence-corrected chi connectivity index (χ0v) is 8.00. The predicted molar refractivity (Wildman–Crippen MR) is 54.3 cm³/mol. The van der Waals surface area contributed by atoms with Crippen LogP contribution in [0.25, 0.3) is 0 Å². The van der Waals surface area contributed by atoms with Gasteiger partial charge >= 0.3 is 5.97 Å². The van der Waals surface area contributed by atoms with Gasteiger partial charge in [0.2, 0.25) is 0 Å². The summed E-state index contributed by atoms with van der Waals surface area (Å²) in [5.41, 5.74) is 0. The molecule has 5 heteroatoms. The fourth-order valence-electron chi connectivity index (χ4n) is 1.55. The second-order valence-corrected chi connectivity index (χ2v) is 3.41. The molecule has 1 aliphatic carbocycles. The van der Waals surface area contributed by atoms with Crippen molar-refractivity contribution >= 4 is 11.8 Å². The zero-order valence-electron chi connectivity index (χ0n) is 8.00. The standard InChI is InChI=1S/C10H11N3O2/c14-10(15)7-1-2-8(5-7)13-9-6-11-3-4-12-9/h1-4,6-8H,5H2,(H,12,13)(H,14,15). The van der Waals surface area contributed by atoms with Crippen LogP contribution < -0.4 is 5.32 Å². The first-order chi connectivity index (χ1) is 7.25. The molecule has 0 aromatic carbocycles. The molecule has 2 unspecified atom stereocenters. The van der Waals surface area contributed by atoms with Crippen LogP contribution in [-0.2, 0) is 4.79 Å². The second-order valence-electron chi connectivity index (χ2n) is 3.41. The van der Waals surface area contributed by atoms with Crippen molar-refractivity contribution in [3.63, 3.8) is 0 Å². The molecule has 1 aliphatic rings. The van der Waals surface area contributed by atoms with Crippen molar-refractivity contribution in [3.05, 3.63) is 30.7 Å². The molecule has 0 saturated carbocycles. The Balaban J connectivity index is 1.94. The van der Waals surface area contributed by atoms with E-state index in [1.165, 1.54) is 0 Å². The lowest BCUT2D eigenvalue weighted by molar-refractivity contribution is -0.140. The lowest BCUT2D eigenvalue weighted by Crippen LogP contribution is -2.19. The van der Waals surface area contributed by atoms with Gasteiger partial charge < -0.3 is 10.4 Å². The molecule has 1 aromatic rings. The van der Waals surface area contributed by atoms with Crippen molar-refractivity contribution in [2.75, 3.05) is 5.32 Å². The summed E-state index contributed by atoms with van der Waals surface area (Å²) in [5.74, 6) is -0.507. The number of hydrogen-bond donors (Lipinski definition) is 2. The number of carboxylic acids is 1. The molecule has 78 valence electrons. The van der Waals surface area contributed by atoms with Crippen molar-refractivity contribution in [2.45, 2.75) is 12.5 Å². The molecule has 0 fully saturated rings. The third-order valence-corrected chi connectivity index (χ3v) is 2.30. The highest BCUT2D eigenvalue weighted by Crippen LogP contribution is 2.20. The minimum absolute atomic E-state index is 0.0304. The van der Waals surface area contributed by atoms with Gasteiger partial charge in [-0.15, -0.1) is 0 Å². The van der Waals surface area contributed by atoms with Crippen LogP contribution >= 0.6 is 0 Å². The highest BCUT2D eigenvalue weighted by Gasteiger charge is 2.24. The van der Waals surface area contributed by atoms with Gasteiger partial charge in [-0.05, 0) is 6.42 Å². The van der Waals surface area contributed by atoms with E-state index in [1.54, 1.807) is 24.7 Å². The van der Waals surface area contributed by atoms with Crippen molar-refractivity contribution in [1.29, 1.82) is 0 Å². The van der Waals surface area contributed by atoms with Gasteiger partial charge in [-0.25, -0.2) is 4.98 Å². The van der Waals surface area contributed by atoms with Gasteiger partial charge in [0, 0.05) is 18.4 Å². The Morgan fingerprint density at radius 1 is 1.47 bits per heavy atom. The van der Waals surface area contributed by atoms with Crippen LogP contribution in [0.5, 0.6) is 0 Å². The molecule has 0 amide bonds. The predicted octanol–water partition coefficient (Wildman–Crippen LogP) is 0.918. The Kier molecular flexibility index (Phi) is 2.62. The summed E-state index contributed by atoms with van der Waals surface area (Å²) in [4.78, 5) is 18.7. The van der Waals surface area contributed by atoms with Crippen LogP contribution in [0, 0.1) is 5.92 Å². The van der Waals surface area contributed by atoms with E-state index >= 15 is 0 Å². The molecular weight excluding hydrogens is 194 g/mol. The molecule has 0 aliphatic heterocycles. The minimum atomic E-state index is -0.783. The Labute approximate surface area is 86.9 Å². The van der Waals surface area contributed by atoms with Gasteiger partial charge in [-0.1, -0.05) is 12.2 Å². The van der Waals surface area contributed by atoms with Gasteiger partial charge in [0.1, 0.15) is 5.82 Å². The Hall–Kier alpha value is -1.91. The average molecular weight is 205 g/mol. The summed E-state index contributed by atoms with van der Waals surface area (Å²) in [6.45, 7) is 0. The highest BCUT2D eigenvalue weighted by molar-refractivity contribution is 5.73. The maximum atomic E-state index is 10.7. The largest absolute Gasteiger partial charge is 0.481 e. The zero-order chi connectivity index (χ0) is 10.7. The SMILES string of the molecule is O=C(O)C1C=CC(Nc2cnccn2)C1. The van der Waals surface area contributed by atoms with E-state index in [0.717, 1.165) is 0 Å². The quantitative estimate of drug-likeness (QED) is 0.717. The third-order valence-electron chi connectivity index (χ3n) is 2.30. The first-order valence-corrected chi connectivity index (χ1v) is 4.69. The van der Waals surface area contributed by atoms with Gasteiger partial charge in [0.05, 0.1) is 12.1 Å². The van der Waals surface area contributed by atoms with E-state index < -0.39 is 5.97 Å². The number of rotatable bonds is 3. The molecule has 2 atom stereocenters. The molecule has 1 heterocycles. The second kappa shape index (κ2) is 4.08. The third kappa shape index (κ3) is 2.31. The minimum Gasteiger partial charge on any atom is -0.481 e. The number of nitrogens with zero attached hydrogens (tertiary/aromatic N) is 2. The maximum absolute atomic E-state index is 10.7. The topological polar surface area (TPSA) is 75.1 Å². The lowest BCUT2D eigenvalue weighted by atomic mass is 10.1. The number of carboxylic acid groups (broad SMARTS) is 1. The van der Waals surface area contributed by atoms with Crippen LogP contribution in [-0.4, -0.2) is 27.1 Å². The fourth-order valence-corrected chi connectivity index (χ4v) is 1.55. The van der Waals surface area contributed by atoms with E-state index in [4.69, 9.17) is 5.11 Å². The van der Waals surface area contributed by atoms with Crippen molar-refractivity contribution in [3.8, 4) is 0 Å². The van der Waals surface area contributed by atoms with Crippen molar-refractivity contribution in [1.82, 2.24) is 9.97 Å². The van der Waals surface area contributed by atoms with Crippen molar-refractivity contribution < 1.29 is 9.90 Å². The molecule has 1 aromatic heterocycles. The number of aromatic nitrogens is 2. The van der Waals surface area contributed by atoms with E-state index in [0.29, 0.717) is 12.2 Å². The smallest absolute Gasteiger partial charge is 0.310 e. The van der Waals surface area contributed by atoms with Gasteiger partial charge in [0.15, 0.2) is 0 Å². The molecule has 2 rings (SSSR count). The highest BCUT2D eigenvalue weighted by atomic mass is 16.4. The average Bonchev–Trinajstić information content (AvgIpc) is 2.68. The summed E-state index contributed by atoms with van der Waals surface area (Å²) in [5, 5.41) is 11.9. The van der Waals surface area contributed by atoms with Gasteiger partial charge in [-0.2, -0.15) is 0 Å². The van der Waals surface area contributed by atoms with Crippen molar-refractivity contribution in [2.24, 2.45) is 5.92 Å². The molecular formula is C10H11N3O2. The van der Waals surface area contributed by atoms with Gasteiger partial charge in [0.25, 0.3) is 0 Å². The van der Waals surface area contributed by atoms with Crippen LogP contribution in [0.4, 0.5) is 5.82 Å². The molecule has 2 N–H and O–H groups in total. The summed E-state index contributed by atoms with van der Waals surface area (Å²) in [6, 6.07) is 0.0304. The van der Waals surface area contributed by atoms with Crippen LogP contribution in [0.3, 0.4) is 0 Å². The Morgan fingerprint density at radius 2 is 2.33 bits per heavy atom. The maximum Gasteiger partial charge on any atom is 0.310 e. The Bertz CT molecular complexity index is 378.